The average molecular weight is 412 g/mol. The summed E-state index contributed by atoms with van der Waals surface area (Å²) in [5, 5.41) is 7.46. The number of hydrogen-bond acceptors (Lipinski definition) is 5. The summed E-state index contributed by atoms with van der Waals surface area (Å²) in [7, 11) is 0. The molecular formula is C17H13ClF3N5O2. The van der Waals surface area contributed by atoms with Crippen LogP contribution in [0, 0.1) is 0 Å². The molecule has 0 saturated heterocycles. The molecule has 0 spiro atoms. The number of alkyl halides is 3. The topological polar surface area (TPSA) is 77.0 Å². The molecule has 1 aliphatic heterocycles. The Kier molecular flexibility index (Phi) is 4.37. The minimum atomic E-state index is -4.57. The van der Waals surface area contributed by atoms with Crippen LogP contribution in [0.25, 0.3) is 11.7 Å². The quantitative estimate of drug-likeness (QED) is 0.657. The molecule has 1 atom stereocenters. The van der Waals surface area contributed by atoms with Crippen molar-refractivity contribution in [2.45, 2.75) is 32.2 Å². The number of fused-ring (bicyclic) bond motifs is 1. The number of carbonyl (C=O) groups is 1. The molecule has 1 aliphatic rings. The van der Waals surface area contributed by atoms with Crippen molar-refractivity contribution in [2.75, 3.05) is 0 Å². The SMILES string of the molecule is C[C@H]1Cn2c(nnc2-c2ncco2)C(=O)N1Cc1cccc(C(F)(F)F)c1Cl. The van der Waals surface area contributed by atoms with Gasteiger partial charge in [0.15, 0.2) is 0 Å². The molecule has 1 aromatic carbocycles. The fourth-order valence-corrected chi connectivity index (χ4v) is 3.44. The summed E-state index contributed by atoms with van der Waals surface area (Å²) in [6.07, 6.45) is -1.74. The van der Waals surface area contributed by atoms with Gasteiger partial charge in [-0.05, 0) is 18.6 Å². The van der Waals surface area contributed by atoms with Crippen molar-refractivity contribution in [3.63, 3.8) is 0 Å². The van der Waals surface area contributed by atoms with Crippen molar-refractivity contribution in [1.29, 1.82) is 0 Å². The van der Waals surface area contributed by atoms with Crippen molar-refractivity contribution in [3.05, 3.63) is 52.6 Å². The first-order valence-electron chi connectivity index (χ1n) is 8.26. The molecule has 1 amide bonds. The van der Waals surface area contributed by atoms with Crippen molar-refractivity contribution < 1.29 is 22.4 Å². The Hall–Kier alpha value is -2.88. The second-order valence-electron chi connectivity index (χ2n) is 6.35. The second kappa shape index (κ2) is 6.62. The highest BCUT2D eigenvalue weighted by Gasteiger charge is 2.37. The maximum atomic E-state index is 13.1. The van der Waals surface area contributed by atoms with Crippen LogP contribution in [-0.2, 0) is 19.3 Å². The van der Waals surface area contributed by atoms with Crippen LogP contribution in [0.15, 0.2) is 35.1 Å². The maximum Gasteiger partial charge on any atom is 0.417 e. The highest BCUT2D eigenvalue weighted by molar-refractivity contribution is 6.32. The molecule has 7 nitrogen and oxygen atoms in total. The van der Waals surface area contributed by atoms with Crippen molar-refractivity contribution in [3.8, 4) is 11.7 Å². The molecule has 2 aromatic heterocycles. The van der Waals surface area contributed by atoms with Gasteiger partial charge in [-0.15, -0.1) is 10.2 Å². The Morgan fingerprint density at radius 2 is 2.04 bits per heavy atom. The molecule has 28 heavy (non-hydrogen) atoms. The van der Waals surface area contributed by atoms with Crippen molar-refractivity contribution in [2.24, 2.45) is 0 Å². The van der Waals surface area contributed by atoms with E-state index in [1.807, 2.05) is 0 Å². The predicted molar refractivity (Wildman–Crippen MR) is 91.3 cm³/mol. The molecule has 3 heterocycles. The summed E-state index contributed by atoms with van der Waals surface area (Å²) in [6, 6.07) is 3.31. The van der Waals surface area contributed by atoms with Crippen LogP contribution in [-0.4, -0.2) is 36.6 Å². The third kappa shape index (κ3) is 3.03. The van der Waals surface area contributed by atoms with Crippen LogP contribution < -0.4 is 0 Å². The monoisotopic (exact) mass is 411 g/mol. The van der Waals surface area contributed by atoms with Gasteiger partial charge in [0, 0.05) is 19.1 Å². The first-order valence-corrected chi connectivity index (χ1v) is 8.63. The summed E-state index contributed by atoms with van der Waals surface area (Å²) in [5.74, 6) is 0.150. The van der Waals surface area contributed by atoms with Crippen LogP contribution in [0.4, 0.5) is 13.2 Å². The first kappa shape index (κ1) is 18.5. The number of amides is 1. The molecule has 0 bridgehead atoms. The van der Waals surface area contributed by atoms with Gasteiger partial charge in [0.25, 0.3) is 11.8 Å². The van der Waals surface area contributed by atoms with E-state index in [9.17, 15) is 18.0 Å². The van der Waals surface area contributed by atoms with E-state index < -0.39 is 22.7 Å². The van der Waals surface area contributed by atoms with Gasteiger partial charge >= 0.3 is 6.18 Å². The maximum absolute atomic E-state index is 13.1. The fourth-order valence-electron chi connectivity index (χ4n) is 3.15. The zero-order chi connectivity index (χ0) is 20.1. The largest absolute Gasteiger partial charge is 0.442 e. The lowest BCUT2D eigenvalue weighted by Gasteiger charge is -2.34. The normalized spacial score (nSPS) is 17.1. The van der Waals surface area contributed by atoms with E-state index in [0.717, 1.165) is 6.07 Å². The van der Waals surface area contributed by atoms with Crippen LogP contribution in [0.3, 0.4) is 0 Å². The highest BCUT2D eigenvalue weighted by atomic mass is 35.5. The van der Waals surface area contributed by atoms with Crippen LogP contribution in [0.5, 0.6) is 0 Å². The molecule has 0 radical (unpaired) electrons. The average Bonchev–Trinajstić information content (AvgIpc) is 3.28. The molecule has 0 fully saturated rings. The van der Waals surface area contributed by atoms with E-state index in [4.69, 9.17) is 16.0 Å². The third-order valence-corrected chi connectivity index (χ3v) is 4.98. The minimum absolute atomic E-state index is 0.0643. The Labute approximate surface area is 161 Å². The van der Waals surface area contributed by atoms with Gasteiger partial charge in [0.2, 0.25) is 11.6 Å². The van der Waals surface area contributed by atoms with Gasteiger partial charge in [-0.3, -0.25) is 9.36 Å². The number of aromatic nitrogens is 4. The molecule has 11 heteroatoms. The molecule has 3 aromatic rings. The van der Waals surface area contributed by atoms with Crippen LogP contribution >= 0.6 is 11.6 Å². The van der Waals surface area contributed by atoms with Crippen LogP contribution in [0.2, 0.25) is 5.02 Å². The van der Waals surface area contributed by atoms with E-state index in [-0.39, 0.29) is 29.9 Å². The third-order valence-electron chi connectivity index (χ3n) is 4.53. The van der Waals surface area contributed by atoms with E-state index in [1.165, 1.54) is 29.5 Å². The minimum Gasteiger partial charge on any atom is -0.442 e. The summed E-state index contributed by atoms with van der Waals surface area (Å²) >= 11 is 5.97. The molecule has 0 N–H and O–H groups in total. The van der Waals surface area contributed by atoms with Gasteiger partial charge in [0.1, 0.15) is 6.26 Å². The van der Waals surface area contributed by atoms with E-state index in [1.54, 1.807) is 11.5 Å². The molecule has 0 unspecified atom stereocenters. The van der Waals surface area contributed by atoms with Crippen molar-refractivity contribution in [1.82, 2.24) is 24.6 Å². The fraction of sp³-hybridized carbons (Fsp3) is 0.294. The summed E-state index contributed by atoms with van der Waals surface area (Å²) in [5.41, 5.74) is -0.726. The van der Waals surface area contributed by atoms with Gasteiger partial charge in [-0.2, -0.15) is 13.2 Å². The Morgan fingerprint density at radius 1 is 1.29 bits per heavy atom. The highest BCUT2D eigenvalue weighted by Crippen LogP contribution is 2.37. The lowest BCUT2D eigenvalue weighted by Crippen LogP contribution is -2.46. The Balaban J connectivity index is 1.66. The van der Waals surface area contributed by atoms with Crippen LogP contribution in [0.1, 0.15) is 28.7 Å². The number of halogens is 4. The lowest BCUT2D eigenvalue weighted by molar-refractivity contribution is -0.137. The van der Waals surface area contributed by atoms with Gasteiger partial charge in [-0.25, -0.2) is 4.98 Å². The number of benzene rings is 1. The summed E-state index contributed by atoms with van der Waals surface area (Å²) < 4.78 is 46.1. The summed E-state index contributed by atoms with van der Waals surface area (Å²) in [6.45, 7) is 2.04. The standard InChI is InChI=1S/C17H13ClF3N5O2/c1-9-7-26-13(15-22-5-6-28-15)23-24-14(26)16(27)25(9)8-10-3-2-4-11(12(10)18)17(19,20)21/h2-6,9H,7-8H2,1H3/t9-/m0/s1. The van der Waals surface area contributed by atoms with E-state index >= 15 is 0 Å². The van der Waals surface area contributed by atoms with Gasteiger partial charge < -0.3 is 9.32 Å². The van der Waals surface area contributed by atoms with Crippen molar-refractivity contribution >= 4 is 17.5 Å². The smallest absolute Gasteiger partial charge is 0.417 e. The van der Waals surface area contributed by atoms with Gasteiger partial charge in [0.05, 0.1) is 16.8 Å². The molecule has 0 saturated carbocycles. The Morgan fingerprint density at radius 3 is 2.71 bits per heavy atom. The molecular weight excluding hydrogens is 399 g/mol. The van der Waals surface area contributed by atoms with Gasteiger partial charge in [-0.1, -0.05) is 23.7 Å². The zero-order valence-electron chi connectivity index (χ0n) is 14.4. The summed E-state index contributed by atoms with van der Waals surface area (Å²) in [4.78, 5) is 18.3. The molecule has 146 valence electrons. The number of nitrogens with zero attached hydrogens (tertiary/aromatic N) is 5. The molecule has 4 rings (SSSR count). The lowest BCUT2D eigenvalue weighted by atomic mass is 10.1. The second-order valence-corrected chi connectivity index (χ2v) is 6.73. The van der Waals surface area contributed by atoms with E-state index in [0.29, 0.717) is 12.4 Å². The first-order chi connectivity index (χ1) is 13.3. The predicted octanol–water partition coefficient (Wildman–Crippen LogP) is 3.65. The number of oxazole rings is 1. The van der Waals surface area contributed by atoms with E-state index in [2.05, 4.69) is 15.2 Å². The number of hydrogen-bond donors (Lipinski definition) is 0. The number of rotatable bonds is 3. The zero-order valence-corrected chi connectivity index (χ0v) is 15.2. The Bertz CT molecular complexity index is 1030. The molecule has 0 aliphatic carbocycles. The number of carbonyl (C=O) groups excluding carboxylic acids is 1.